The van der Waals surface area contributed by atoms with Crippen LogP contribution in [0, 0.1) is 0 Å². The zero-order chi connectivity index (χ0) is 31.7. The first kappa shape index (κ1) is 31.3. The maximum absolute atomic E-state index is 13.8. The largest absolute Gasteiger partial charge is 0.464 e. The number of halogens is 2. The lowest BCUT2D eigenvalue weighted by atomic mass is 9.90. The number of esters is 1. The third kappa shape index (κ3) is 6.12. The fourth-order valence-corrected chi connectivity index (χ4v) is 6.29. The molecule has 0 bridgehead atoms. The Labute approximate surface area is 271 Å². The molecule has 1 unspecified atom stereocenters. The predicted molar refractivity (Wildman–Crippen MR) is 168 cm³/mol. The number of rotatable bonds is 10. The van der Waals surface area contributed by atoms with E-state index in [1.165, 1.54) is 10.9 Å². The molecule has 0 saturated carbocycles. The molecule has 0 radical (unpaired) electrons. The predicted octanol–water partition coefficient (Wildman–Crippen LogP) is 4.18. The highest BCUT2D eigenvalue weighted by molar-refractivity contribution is 7.14. The van der Waals surface area contributed by atoms with E-state index in [2.05, 4.69) is 19.9 Å². The molecule has 0 amide bonds. The van der Waals surface area contributed by atoms with E-state index in [4.69, 9.17) is 43.1 Å². The number of imidazole rings is 1. The number of fused-ring (bicyclic) bond motifs is 1. The summed E-state index contributed by atoms with van der Waals surface area (Å²) in [5.74, 6) is -0.638. The summed E-state index contributed by atoms with van der Waals surface area (Å²) in [5.41, 5.74) is 7.69. The normalized spacial score (nSPS) is 21.2. The van der Waals surface area contributed by atoms with Gasteiger partial charge in [-0.3, -0.25) is 4.57 Å². The van der Waals surface area contributed by atoms with Crippen LogP contribution in [0.5, 0.6) is 0 Å². The van der Waals surface area contributed by atoms with Gasteiger partial charge in [0.1, 0.15) is 23.8 Å². The summed E-state index contributed by atoms with van der Waals surface area (Å²) < 4.78 is 19.6. The number of aromatic nitrogens is 5. The SMILES string of the molecule is CCOC(=O)C(Cc1ccc(-c2ccccc2)cc1)(OC[C@H]1O[C@@H](n2cnc3c(N)nc(Cl)nc32)[C@H](O)[C@@H]1O)c1csc(Cl)n1. The van der Waals surface area contributed by atoms with Gasteiger partial charge in [0.05, 0.1) is 25.2 Å². The first-order chi connectivity index (χ1) is 21.7. The van der Waals surface area contributed by atoms with Crippen LogP contribution < -0.4 is 5.73 Å². The number of thiazole rings is 1. The second kappa shape index (κ2) is 13.0. The number of benzene rings is 2. The van der Waals surface area contributed by atoms with Gasteiger partial charge in [-0.25, -0.2) is 14.8 Å². The number of nitrogens with two attached hydrogens (primary N) is 1. The molecule has 5 atom stereocenters. The first-order valence-corrected chi connectivity index (χ1v) is 15.6. The van der Waals surface area contributed by atoms with E-state index in [1.54, 1.807) is 12.3 Å². The van der Waals surface area contributed by atoms with Crippen molar-refractivity contribution in [2.24, 2.45) is 0 Å². The average molecular weight is 672 g/mol. The highest BCUT2D eigenvalue weighted by Gasteiger charge is 2.50. The molecule has 4 heterocycles. The van der Waals surface area contributed by atoms with Crippen LogP contribution >= 0.6 is 34.5 Å². The molecule has 1 fully saturated rings. The minimum absolute atomic E-state index is 0.0383. The molecular formula is C30H28Cl2N6O6S. The molecule has 0 spiro atoms. The van der Waals surface area contributed by atoms with Crippen molar-refractivity contribution in [3.8, 4) is 11.1 Å². The Hall–Kier alpha value is -3.69. The Balaban J connectivity index is 1.30. The number of carbonyl (C=O) groups excluding carboxylic acids is 1. The summed E-state index contributed by atoms with van der Waals surface area (Å²) in [7, 11) is 0. The number of anilines is 1. The molecule has 1 aliphatic heterocycles. The van der Waals surface area contributed by atoms with Gasteiger partial charge in [0.2, 0.25) is 10.9 Å². The lowest BCUT2D eigenvalue weighted by molar-refractivity contribution is -0.182. The van der Waals surface area contributed by atoms with Crippen LogP contribution in [0.4, 0.5) is 5.82 Å². The third-order valence-electron chi connectivity index (χ3n) is 7.54. The minimum Gasteiger partial charge on any atom is -0.464 e. The van der Waals surface area contributed by atoms with Crippen LogP contribution in [0.15, 0.2) is 66.3 Å². The van der Waals surface area contributed by atoms with Crippen molar-refractivity contribution < 1.29 is 29.2 Å². The molecule has 1 aliphatic rings. The summed E-state index contributed by atoms with van der Waals surface area (Å²) in [6.07, 6.45) is -3.64. The van der Waals surface area contributed by atoms with Crippen molar-refractivity contribution in [1.29, 1.82) is 0 Å². The first-order valence-electron chi connectivity index (χ1n) is 13.9. The molecule has 6 rings (SSSR count). The van der Waals surface area contributed by atoms with Crippen LogP contribution in [-0.4, -0.2) is 72.2 Å². The van der Waals surface area contributed by atoms with Gasteiger partial charge >= 0.3 is 5.97 Å². The van der Waals surface area contributed by atoms with Crippen LogP contribution in [0.2, 0.25) is 9.75 Å². The van der Waals surface area contributed by atoms with E-state index in [0.29, 0.717) is 0 Å². The van der Waals surface area contributed by atoms with E-state index in [9.17, 15) is 15.0 Å². The standard InChI is InChI=1S/C30H28Cl2N6O6S/c1-2-42-27(41)30(20-14-45-29(32)35-20,12-16-8-10-18(11-9-16)17-6-4-3-5-7-17)43-13-19-22(39)23(40)26(44-19)38-15-34-21-24(33)36-28(31)37-25(21)38/h3-11,14-15,19,22-23,26,39-40H,2,12-13H2,1H3,(H2,33,36,37)/t19-,22-,23-,26-,30?/m1/s1. The van der Waals surface area contributed by atoms with Crippen LogP contribution in [0.1, 0.15) is 24.4 Å². The van der Waals surface area contributed by atoms with E-state index in [-0.39, 0.29) is 52.1 Å². The Morgan fingerprint density at radius 3 is 2.49 bits per heavy atom. The summed E-state index contributed by atoms with van der Waals surface area (Å²) in [5, 5.41) is 23.5. The molecule has 45 heavy (non-hydrogen) atoms. The van der Waals surface area contributed by atoms with Gasteiger partial charge in [-0.2, -0.15) is 9.97 Å². The zero-order valence-corrected chi connectivity index (χ0v) is 26.1. The summed E-state index contributed by atoms with van der Waals surface area (Å²) in [6, 6.07) is 17.6. The van der Waals surface area contributed by atoms with Crippen LogP contribution in [0.25, 0.3) is 22.3 Å². The van der Waals surface area contributed by atoms with Gasteiger partial charge in [-0.1, -0.05) is 66.2 Å². The molecule has 5 aromatic rings. The maximum Gasteiger partial charge on any atom is 0.345 e. The van der Waals surface area contributed by atoms with Crippen molar-refractivity contribution >= 4 is 57.5 Å². The summed E-state index contributed by atoms with van der Waals surface area (Å²) in [6.45, 7) is 1.45. The van der Waals surface area contributed by atoms with Gasteiger partial charge in [-0.05, 0) is 35.2 Å². The maximum atomic E-state index is 13.8. The summed E-state index contributed by atoms with van der Waals surface area (Å²) in [4.78, 5) is 30.4. The highest BCUT2D eigenvalue weighted by Crippen LogP contribution is 2.38. The molecule has 3 aromatic heterocycles. The lowest BCUT2D eigenvalue weighted by Crippen LogP contribution is -2.46. The number of carbonyl (C=O) groups is 1. The summed E-state index contributed by atoms with van der Waals surface area (Å²) >= 11 is 13.4. The molecule has 4 N–H and O–H groups in total. The van der Waals surface area contributed by atoms with Crippen molar-refractivity contribution in [2.45, 2.75) is 43.5 Å². The fourth-order valence-electron chi connectivity index (χ4n) is 5.29. The Kier molecular flexibility index (Phi) is 9.02. The topological polar surface area (TPSA) is 168 Å². The number of aliphatic hydroxyl groups excluding tert-OH is 2. The van der Waals surface area contributed by atoms with Crippen molar-refractivity contribution in [3.63, 3.8) is 0 Å². The number of nitrogens with zero attached hydrogens (tertiary/aromatic N) is 5. The van der Waals surface area contributed by atoms with E-state index < -0.39 is 36.1 Å². The Bertz CT molecular complexity index is 1810. The van der Waals surface area contributed by atoms with Crippen molar-refractivity contribution in [1.82, 2.24) is 24.5 Å². The molecule has 1 saturated heterocycles. The van der Waals surface area contributed by atoms with Crippen LogP contribution in [0.3, 0.4) is 0 Å². The molecule has 0 aliphatic carbocycles. The van der Waals surface area contributed by atoms with E-state index in [1.807, 2.05) is 54.6 Å². The number of ether oxygens (including phenoxy) is 3. The molecule has 12 nitrogen and oxygen atoms in total. The number of hydrogen-bond acceptors (Lipinski definition) is 12. The number of aliphatic hydroxyl groups is 2. The lowest BCUT2D eigenvalue weighted by Gasteiger charge is -2.32. The quantitative estimate of drug-likeness (QED) is 0.144. The molecular weight excluding hydrogens is 643 g/mol. The average Bonchev–Trinajstić information content (AvgIpc) is 3.74. The van der Waals surface area contributed by atoms with Gasteiger partial charge in [0.25, 0.3) is 0 Å². The monoisotopic (exact) mass is 670 g/mol. The van der Waals surface area contributed by atoms with Gasteiger partial charge in [-0.15, -0.1) is 11.3 Å². The number of nitrogen functional groups attached to an aromatic ring is 1. The molecule has 2 aromatic carbocycles. The van der Waals surface area contributed by atoms with Crippen molar-refractivity contribution in [3.05, 3.63) is 87.3 Å². The zero-order valence-electron chi connectivity index (χ0n) is 23.8. The third-order valence-corrected chi connectivity index (χ3v) is 8.68. The van der Waals surface area contributed by atoms with E-state index in [0.717, 1.165) is 28.0 Å². The molecule has 15 heteroatoms. The van der Waals surface area contributed by atoms with Crippen molar-refractivity contribution in [2.75, 3.05) is 18.9 Å². The molecule has 234 valence electrons. The van der Waals surface area contributed by atoms with Gasteiger partial charge in [0.15, 0.2) is 22.2 Å². The highest BCUT2D eigenvalue weighted by atomic mass is 35.5. The second-order valence-corrected chi connectivity index (χ2v) is 12.1. The number of hydrogen-bond donors (Lipinski definition) is 3. The Morgan fingerprint density at radius 1 is 1.07 bits per heavy atom. The fraction of sp³-hybridized carbons (Fsp3) is 0.300. The van der Waals surface area contributed by atoms with Gasteiger partial charge in [0, 0.05) is 11.8 Å². The smallest absolute Gasteiger partial charge is 0.345 e. The van der Waals surface area contributed by atoms with Gasteiger partial charge < -0.3 is 30.2 Å². The van der Waals surface area contributed by atoms with E-state index >= 15 is 0 Å². The van der Waals surface area contributed by atoms with Crippen LogP contribution in [-0.2, 0) is 31.0 Å². The minimum atomic E-state index is -1.75. The second-order valence-electron chi connectivity index (χ2n) is 10.3. The Morgan fingerprint density at radius 2 is 1.80 bits per heavy atom.